The fraction of sp³-hybridized carbons (Fsp3) is 0.100. The fourth-order valence-electron chi connectivity index (χ4n) is 2.29. The molecule has 0 aliphatic carbocycles. The molecule has 25 heavy (non-hydrogen) atoms. The van der Waals surface area contributed by atoms with Crippen molar-refractivity contribution in [3.8, 4) is 5.75 Å². The first-order valence-corrected chi connectivity index (χ1v) is 8.28. The lowest BCUT2D eigenvalue weighted by atomic mass is 10.2. The summed E-state index contributed by atoms with van der Waals surface area (Å²) in [5.74, 6) is 0.528. The van der Waals surface area contributed by atoms with Gasteiger partial charge < -0.3 is 10.1 Å². The maximum absolute atomic E-state index is 12.2. The Bertz CT molecular complexity index is 819. The van der Waals surface area contributed by atoms with Gasteiger partial charge in [0.25, 0.3) is 5.91 Å². The Hall–Kier alpha value is -2.85. The van der Waals surface area contributed by atoms with Crippen LogP contribution in [0.2, 0.25) is 5.15 Å². The molecule has 1 heterocycles. The van der Waals surface area contributed by atoms with Crippen molar-refractivity contribution in [1.29, 1.82) is 0 Å². The number of aromatic nitrogens is 1. The summed E-state index contributed by atoms with van der Waals surface area (Å²) in [5, 5.41) is 3.15. The third kappa shape index (κ3) is 5.06. The van der Waals surface area contributed by atoms with E-state index in [4.69, 9.17) is 16.3 Å². The number of halogens is 1. The summed E-state index contributed by atoms with van der Waals surface area (Å²) in [5.41, 5.74) is 2.37. The molecule has 0 spiro atoms. The van der Waals surface area contributed by atoms with Crippen molar-refractivity contribution in [2.75, 3.05) is 11.9 Å². The molecular formula is C20H17ClN2O2. The van der Waals surface area contributed by atoms with Gasteiger partial charge in [-0.05, 0) is 42.0 Å². The van der Waals surface area contributed by atoms with Crippen LogP contribution >= 0.6 is 11.6 Å². The van der Waals surface area contributed by atoms with Gasteiger partial charge in [-0.3, -0.25) is 4.79 Å². The minimum absolute atomic E-state index is 0.208. The Kier molecular flexibility index (Phi) is 5.65. The summed E-state index contributed by atoms with van der Waals surface area (Å²) >= 11 is 5.73. The van der Waals surface area contributed by atoms with E-state index < -0.39 is 0 Å². The van der Waals surface area contributed by atoms with Crippen LogP contribution < -0.4 is 10.1 Å². The third-order valence-electron chi connectivity index (χ3n) is 3.60. The lowest BCUT2D eigenvalue weighted by Gasteiger charge is -2.08. The number of hydrogen-bond acceptors (Lipinski definition) is 3. The van der Waals surface area contributed by atoms with Gasteiger partial charge in [0.1, 0.15) is 10.9 Å². The van der Waals surface area contributed by atoms with Crippen molar-refractivity contribution in [2.24, 2.45) is 0 Å². The molecule has 0 saturated heterocycles. The van der Waals surface area contributed by atoms with Crippen molar-refractivity contribution in [2.45, 2.75) is 6.42 Å². The molecule has 0 bridgehead atoms. The van der Waals surface area contributed by atoms with Gasteiger partial charge in [0.05, 0.1) is 18.5 Å². The van der Waals surface area contributed by atoms with Gasteiger partial charge in [-0.25, -0.2) is 4.98 Å². The maximum atomic E-state index is 12.2. The number of hydrogen-bond donors (Lipinski definition) is 1. The molecule has 0 aliphatic rings. The predicted molar refractivity (Wildman–Crippen MR) is 99.3 cm³/mol. The lowest BCUT2D eigenvalue weighted by Crippen LogP contribution is -2.12. The number of nitrogens with zero attached hydrogens (tertiary/aromatic N) is 1. The van der Waals surface area contributed by atoms with E-state index in [1.165, 1.54) is 11.8 Å². The van der Waals surface area contributed by atoms with Crippen molar-refractivity contribution >= 4 is 23.2 Å². The third-order valence-corrected chi connectivity index (χ3v) is 3.83. The predicted octanol–water partition coefficient (Wildman–Crippen LogP) is 4.61. The number of amides is 1. The summed E-state index contributed by atoms with van der Waals surface area (Å²) < 4.78 is 5.72. The molecule has 0 unspecified atom stereocenters. The van der Waals surface area contributed by atoms with Crippen LogP contribution in [-0.2, 0) is 6.42 Å². The molecule has 1 N–H and O–H groups in total. The lowest BCUT2D eigenvalue weighted by molar-refractivity contribution is 0.102. The Balaban J connectivity index is 1.52. The van der Waals surface area contributed by atoms with E-state index in [-0.39, 0.29) is 5.91 Å². The second-order valence-corrected chi connectivity index (χ2v) is 5.82. The Morgan fingerprint density at radius 2 is 1.76 bits per heavy atom. The second kappa shape index (κ2) is 8.31. The first-order chi connectivity index (χ1) is 12.2. The summed E-state index contributed by atoms with van der Waals surface area (Å²) in [4.78, 5) is 16.1. The minimum Gasteiger partial charge on any atom is -0.493 e. The van der Waals surface area contributed by atoms with Gasteiger partial charge >= 0.3 is 0 Å². The number of pyridine rings is 1. The van der Waals surface area contributed by atoms with Gasteiger partial charge in [-0.1, -0.05) is 41.9 Å². The van der Waals surface area contributed by atoms with Gasteiger partial charge in [0.2, 0.25) is 0 Å². The second-order valence-electron chi connectivity index (χ2n) is 5.43. The fourth-order valence-corrected chi connectivity index (χ4v) is 2.40. The van der Waals surface area contributed by atoms with Gasteiger partial charge in [0, 0.05) is 12.0 Å². The van der Waals surface area contributed by atoms with E-state index in [2.05, 4.69) is 22.4 Å². The van der Waals surface area contributed by atoms with Crippen LogP contribution in [0.3, 0.4) is 0 Å². The topological polar surface area (TPSA) is 51.2 Å². The highest BCUT2D eigenvalue weighted by atomic mass is 35.5. The maximum Gasteiger partial charge on any atom is 0.255 e. The van der Waals surface area contributed by atoms with Crippen molar-refractivity contribution < 1.29 is 9.53 Å². The van der Waals surface area contributed by atoms with Gasteiger partial charge in [-0.2, -0.15) is 0 Å². The summed E-state index contributed by atoms with van der Waals surface area (Å²) in [6.45, 7) is 0.589. The molecule has 3 rings (SSSR count). The van der Waals surface area contributed by atoms with Gasteiger partial charge in [-0.15, -0.1) is 0 Å². The van der Waals surface area contributed by atoms with E-state index in [0.717, 1.165) is 12.2 Å². The molecule has 3 aromatic rings. The quantitative estimate of drug-likeness (QED) is 0.659. The standard InChI is InChI=1S/C20H17ClN2O2/c21-19-11-8-17(14-22-19)23-20(24)16-6-9-18(10-7-16)25-13-12-15-4-2-1-3-5-15/h1-11,14H,12-13H2,(H,23,24). The SMILES string of the molecule is O=C(Nc1ccc(Cl)nc1)c1ccc(OCCc2ccccc2)cc1. The molecule has 5 heteroatoms. The van der Waals surface area contributed by atoms with Crippen LogP contribution in [0.25, 0.3) is 0 Å². The minimum atomic E-state index is -0.208. The van der Waals surface area contributed by atoms with E-state index in [1.807, 2.05) is 18.2 Å². The average molecular weight is 353 g/mol. The summed E-state index contributed by atoms with van der Waals surface area (Å²) in [6.07, 6.45) is 2.36. The first kappa shape index (κ1) is 17.0. The van der Waals surface area contributed by atoms with E-state index >= 15 is 0 Å². The molecule has 126 valence electrons. The largest absolute Gasteiger partial charge is 0.493 e. The van der Waals surface area contributed by atoms with Crippen LogP contribution in [0.5, 0.6) is 5.75 Å². The van der Waals surface area contributed by atoms with Crippen LogP contribution in [0.4, 0.5) is 5.69 Å². The van der Waals surface area contributed by atoms with Crippen LogP contribution in [0, 0.1) is 0 Å². The van der Waals surface area contributed by atoms with E-state index in [9.17, 15) is 4.79 Å². The number of ether oxygens (including phenoxy) is 1. The van der Waals surface area contributed by atoms with Crippen LogP contribution in [0.15, 0.2) is 72.9 Å². The smallest absolute Gasteiger partial charge is 0.255 e. The number of anilines is 1. The monoisotopic (exact) mass is 352 g/mol. The molecule has 0 saturated carbocycles. The highest BCUT2D eigenvalue weighted by Gasteiger charge is 2.06. The van der Waals surface area contributed by atoms with E-state index in [0.29, 0.717) is 23.0 Å². The number of rotatable bonds is 6. The zero-order valence-corrected chi connectivity index (χ0v) is 14.2. The highest BCUT2D eigenvalue weighted by molar-refractivity contribution is 6.29. The molecule has 4 nitrogen and oxygen atoms in total. The number of carbonyl (C=O) groups is 1. The summed E-state index contributed by atoms with van der Waals surface area (Å²) in [7, 11) is 0. The zero-order chi connectivity index (χ0) is 17.5. The molecule has 0 fully saturated rings. The molecule has 1 aromatic heterocycles. The molecule has 1 amide bonds. The van der Waals surface area contributed by atoms with Crippen LogP contribution in [0.1, 0.15) is 15.9 Å². The van der Waals surface area contributed by atoms with Crippen LogP contribution in [-0.4, -0.2) is 17.5 Å². The molecule has 0 radical (unpaired) electrons. The normalized spacial score (nSPS) is 10.3. The van der Waals surface area contributed by atoms with Crippen molar-refractivity contribution in [3.05, 3.63) is 89.2 Å². The molecule has 2 aromatic carbocycles. The molecule has 0 aliphatic heterocycles. The van der Waals surface area contributed by atoms with E-state index in [1.54, 1.807) is 36.4 Å². The first-order valence-electron chi connectivity index (χ1n) is 7.90. The Morgan fingerprint density at radius 3 is 2.44 bits per heavy atom. The Morgan fingerprint density at radius 1 is 1.00 bits per heavy atom. The van der Waals surface area contributed by atoms with Gasteiger partial charge in [0.15, 0.2) is 0 Å². The number of carbonyl (C=O) groups excluding carboxylic acids is 1. The number of nitrogens with one attached hydrogen (secondary N) is 1. The number of benzene rings is 2. The average Bonchev–Trinajstić information content (AvgIpc) is 2.65. The molecule has 0 atom stereocenters. The highest BCUT2D eigenvalue weighted by Crippen LogP contribution is 2.15. The molecular weight excluding hydrogens is 336 g/mol. The summed E-state index contributed by atoms with van der Waals surface area (Å²) in [6, 6.07) is 20.5. The van der Waals surface area contributed by atoms with Crippen molar-refractivity contribution in [1.82, 2.24) is 4.98 Å². The van der Waals surface area contributed by atoms with Crippen molar-refractivity contribution in [3.63, 3.8) is 0 Å². The zero-order valence-electron chi connectivity index (χ0n) is 13.5. The Labute approximate surface area is 151 Å².